The van der Waals surface area contributed by atoms with Gasteiger partial charge in [0.25, 0.3) is 0 Å². The van der Waals surface area contributed by atoms with Crippen LogP contribution >= 0.6 is 11.8 Å². The summed E-state index contributed by atoms with van der Waals surface area (Å²) in [6, 6.07) is -0.201. The van der Waals surface area contributed by atoms with Gasteiger partial charge in [-0.2, -0.15) is 13.2 Å². The van der Waals surface area contributed by atoms with Crippen LogP contribution in [-0.4, -0.2) is 20.8 Å². The van der Waals surface area contributed by atoms with Crippen molar-refractivity contribution in [3.8, 4) is 0 Å². The van der Waals surface area contributed by atoms with E-state index >= 15 is 0 Å². The predicted octanol–water partition coefficient (Wildman–Crippen LogP) is 2.79. The summed E-state index contributed by atoms with van der Waals surface area (Å²) >= 11 is -0.0288. The van der Waals surface area contributed by atoms with Crippen molar-refractivity contribution in [2.45, 2.75) is 31.9 Å². The summed E-state index contributed by atoms with van der Waals surface area (Å²) < 4.78 is 37.6. The predicted molar refractivity (Wildman–Crippen MR) is 62.5 cm³/mol. The zero-order valence-corrected chi connectivity index (χ0v) is 10.6. The molecule has 1 unspecified atom stereocenters. The average Bonchev–Trinajstić information content (AvgIpc) is 2.62. The Morgan fingerprint density at radius 3 is 2.65 bits per heavy atom. The topological polar surface area (TPSA) is 43.8 Å². The fourth-order valence-corrected chi connectivity index (χ4v) is 1.92. The van der Waals surface area contributed by atoms with Gasteiger partial charge in [0.2, 0.25) is 0 Å². The molecule has 0 aliphatic rings. The minimum absolute atomic E-state index is 0.0288. The summed E-state index contributed by atoms with van der Waals surface area (Å²) in [7, 11) is 0. The van der Waals surface area contributed by atoms with Crippen LogP contribution in [0.15, 0.2) is 12.5 Å². The summed E-state index contributed by atoms with van der Waals surface area (Å²) in [6.45, 7) is 4.19. The van der Waals surface area contributed by atoms with Crippen LogP contribution in [0.2, 0.25) is 0 Å². The van der Waals surface area contributed by atoms with Crippen LogP contribution < -0.4 is 5.73 Å². The molecule has 7 heteroatoms. The van der Waals surface area contributed by atoms with E-state index in [2.05, 4.69) is 4.98 Å². The third-order valence-electron chi connectivity index (χ3n) is 2.40. The molecular formula is C10H16F3N3S. The lowest BCUT2D eigenvalue weighted by Crippen LogP contribution is -2.21. The summed E-state index contributed by atoms with van der Waals surface area (Å²) in [5, 5.41) is 0. The lowest BCUT2D eigenvalue weighted by molar-refractivity contribution is -0.0328. The number of halogens is 3. The molecule has 1 rings (SSSR count). The molecular weight excluding hydrogens is 251 g/mol. The van der Waals surface area contributed by atoms with Gasteiger partial charge in [-0.25, -0.2) is 4.98 Å². The highest BCUT2D eigenvalue weighted by atomic mass is 32.2. The average molecular weight is 267 g/mol. The number of rotatable bonds is 5. The van der Waals surface area contributed by atoms with Crippen molar-refractivity contribution in [1.29, 1.82) is 0 Å². The molecule has 0 aliphatic carbocycles. The van der Waals surface area contributed by atoms with Gasteiger partial charge in [-0.3, -0.25) is 0 Å². The maximum Gasteiger partial charge on any atom is 0.441 e. The zero-order chi connectivity index (χ0) is 13.1. The fourth-order valence-electron chi connectivity index (χ4n) is 1.40. The Balaban J connectivity index is 2.58. The SMILES string of the molecule is CC(C)C(N)c1cncn1CCSC(F)(F)F. The van der Waals surface area contributed by atoms with Crippen molar-refractivity contribution in [3.05, 3.63) is 18.2 Å². The minimum atomic E-state index is -4.18. The molecule has 2 N–H and O–H groups in total. The van der Waals surface area contributed by atoms with Gasteiger partial charge in [0.15, 0.2) is 0 Å². The molecule has 98 valence electrons. The molecule has 1 atom stereocenters. The number of alkyl halides is 3. The summed E-state index contributed by atoms with van der Waals surface area (Å²) in [6.07, 6.45) is 3.14. The van der Waals surface area contributed by atoms with Crippen LogP contribution in [-0.2, 0) is 6.54 Å². The number of nitrogens with two attached hydrogens (primary N) is 1. The number of hydrogen-bond donors (Lipinski definition) is 1. The standard InChI is InChI=1S/C10H16F3N3S/c1-7(2)9(14)8-5-15-6-16(8)3-4-17-10(11,12)13/h5-7,9H,3-4,14H2,1-2H3. The lowest BCUT2D eigenvalue weighted by atomic mass is 10.0. The molecule has 0 saturated carbocycles. The quantitative estimate of drug-likeness (QED) is 0.892. The molecule has 0 bridgehead atoms. The Kier molecular flexibility index (Phi) is 4.88. The van der Waals surface area contributed by atoms with E-state index in [4.69, 9.17) is 5.73 Å². The van der Waals surface area contributed by atoms with E-state index in [0.29, 0.717) is 0 Å². The molecule has 1 aromatic heterocycles. The first-order chi connectivity index (χ1) is 7.81. The van der Waals surface area contributed by atoms with Crippen molar-refractivity contribution in [3.63, 3.8) is 0 Å². The lowest BCUT2D eigenvalue weighted by Gasteiger charge is -2.17. The van der Waals surface area contributed by atoms with Crippen molar-refractivity contribution >= 4 is 11.8 Å². The normalized spacial score (nSPS) is 14.3. The Labute approximate surface area is 103 Å². The van der Waals surface area contributed by atoms with Crippen molar-refractivity contribution < 1.29 is 13.2 Å². The number of aromatic nitrogens is 2. The number of hydrogen-bond acceptors (Lipinski definition) is 3. The van der Waals surface area contributed by atoms with E-state index in [1.807, 2.05) is 13.8 Å². The van der Waals surface area contributed by atoms with Crippen molar-refractivity contribution in [2.24, 2.45) is 11.7 Å². The summed E-state index contributed by atoms with van der Waals surface area (Å²) in [5.74, 6) is 0.193. The number of imidazole rings is 1. The van der Waals surface area contributed by atoms with E-state index in [9.17, 15) is 13.2 Å². The molecule has 0 fully saturated rings. The second-order valence-corrected chi connectivity index (χ2v) is 5.24. The second-order valence-electron chi connectivity index (χ2n) is 4.08. The van der Waals surface area contributed by atoms with Crippen molar-refractivity contribution in [2.75, 3.05) is 5.75 Å². The first-order valence-corrected chi connectivity index (χ1v) is 6.26. The van der Waals surface area contributed by atoms with Crippen LogP contribution in [0.25, 0.3) is 0 Å². The van der Waals surface area contributed by atoms with Crippen LogP contribution in [0.1, 0.15) is 25.6 Å². The first-order valence-electron chi connectivity index (χ1n) is 5.27. The third kappa shape index (κ3) is 4.59. The number of aryl methyl sites for hydroxylation is 1. The smallest absolute Gasteiger partial charge is 0.332 e. The molecule has 0 amide bonds. The summed E-state index contributed by atoms with van der Waals surface area (Å²) in [4.78, 5) is 3.93. The molecule has 0 aliphatic heterocycles. The molecule has 1 aromatic rings. The second kappa shape index (κ2) is 5.77. The van der Waals surface area contributed by atoms with Crippen LogP contribution in [0.3, 0.4) is 0 Å². The highest BCUT2D eigenvalue weighted by Crippen LogP contribution is 2.30. The Bertz CT molecular complexity index is 349. The Morgan fingerprint density at radius 2 is 2.12 bits per heavy atom. The van der Waals surface area contributed by atoms with E-state index in [0.717, 1.165) is 5.69 Å². The highest BCUT2D eigenvalue weighted by Gasteiger charge is 2.27. The minimum Gasteiger partial charge on any atom is -0.332 e. The first kappa shape index (κ1) is 14.4. The van der Waals surface area contributed by atoms with E-state index in [1.165, 1.54) is 6.33 Å². The van der Waals surface area contributed by atoms with Gasteiger partial charge in [-0.05, 0) is 17.7 Å². The maximum atomic E-state index is 12.0. The molecule has 0 radical (unpaired) electrons. The fraction of sp³-hybridized carbons (Fsp3) is 0.700. The van der Waals surface area contributed by atoms with Gasteiger partial charge >= 0.3 is 5.51 Å². The summed E-state index contributed by atoms with van der Waals surface area (Å²) in [5.41, 5.74) is 2.55. The molecule has 17 heavy (non-hydrogen) atoms. The van der Waals surface area contributed by atoms with E-state index in [-0.39, 0.29) is 36.0 Å². The van der Waals surface area contributed by atoms with Gasteiger partial charge in [-0.1, -0.05) is 13.8 Å². The molecule has 0 saturated heterocycles. The van der Waals surface area contributed by atoms with Gasteiger partial charge < -0.3 is 10.3 Å². The van der Waals surface area contributed by atoms with Gasteiger partial charge in [0.1, 0.15) is 0 Å². The molecule has 3 nitrogen and oxygen atoms in total. The Hall–Kier alpha value is -0.690. The van der Waals surface area contributed by atoms with E-state index in [1.54, 1.807) is 10.8 Å². The zero-order valence-electron chi connectivity index (χ0n) is 9.74. The molecule has 0 spiro atoms. The monoisotopic (exact) mass is 267 g/mol. The molecule has 0 aromatic carbocycles. The number of thioether (sulfide) groups is 1. The van der Waals surface area contributed by atoms with Crippen LogP contribution in [0.5, 0.6) is 0 Å². The van der Waals surface area contributed by atoms with Gasteiger partial charge in [0.05, 0.1) is 12.0 Å². The van der Waals surface area contributed by atoms with E-state index < -0.39 is 5.51 Å². The van der Waals surface area contributed by atoms with Gasteiger partial charge in [-0.15, -0.1) is 0 Å². The number of nitrogens with zero attached hydrogens (tertiary/aromatic N) is 2. The maximum absolute atomic E-state index is 12.0. The van der Waals surface area contributed by atoms with Crippen LogP contribution in [0, 0.1) is 5.92 Å². The third-order valence-corrected chi connectivity index (χ3v) is 3.12. The Morgan fingerprint density at radius 1 is 1.47 bits per heavy atom. The molecule has 1 heterocycles. The van der Waals surface area contributed by atoms with Crippen LogP contribution in [0.4, 0.5) is 13.2 Å². The highest BCUT2D eigenvalue weighted by molar-refractivity contribution is 8.00. The largest absolute Gasteiger partial charge is 0.441 e. The van der Waals surface area contributed by atoms with Gasteiger partial charge in [0, 0.05) is 24.5 Å². The van der Waals surface area contributed by atoms with Crippen molar-refractivity contribution in [1.82, 2.24) is 9.55 Å².